The molecule has 2 aliphatic rings. The molecular formula is C15H29ClN2O2. The topological polar surface area (TPSA) is 64.4 Å². The molecule has 3 N–H and O–H groups in total. The lowest BCUT2D eigenvalue weighted by molar-refractivity contribution is -0.225. The van der Waals surface area contributed by atoms with E-state index in [0.717, 1.165) is 19.4 Å². The zero-order valence-corrected chi connectivity index (χ0v) is 14.1. The molecule has 0 spiro atoms. The minimum atomic E-state index is -0.788. The van der Waals surface area contributed by atoms with Gasteiger partial charge < -0.3 is 15.8 Å². The van der Waals surface area contributed by atoms with Crippen molar-refractivity contribution < 1.29 is 9.53 Å². The molecule has 20 heavy (non-hydrogen) atoms. The van der Waals surface area contributed by atoms with Crippen molar-refractivity contribution in [3.8, 4) is 0 Å². The Kier molecular flexibility index (Phi) is 4.85. The summed E-state index contributed by atoms with van der Waals surface area (Å²) in [4.78, 5) is 12.6. The highest BCUT2D eigenvalue weighted by molar-refractivity contribution is 5.89. The molecule has 0 radical (unpaired) electrons. The van der Waals surface area contributed by atoms with Gasteiger partial charge >= 0.3 is 0 Å². The molecule has 118 valence electrons. The number of rotatable bonds is 2. The number of carbonyl (C=O) groups is 1. The molecular weight excluding hydrogens is 276 g/mol. The van der Waals surface area contributed by atoms with E-state index in [0.29, 0.717) is 6.54 Å². The third-order valence-corrected chi connectivity index (χ3v) is 4.84. The van der Waals surface area contributed by atoms with Gasteiger partial charge in [-0.05, 0) is 18.3 Å². The smallest absolute Gasteiger partial charge is 0.241 e. The van der Waals surface area contributed by atoms with Crippen LogP contribution in [0.25, 0.3) is 0 Å². The fraction of sp³-hybridized carbons (Fsp3) is 0.933. The number of ether oxygens (including phenoxy) is 1. The van der Waals surface area contributed by atoms with Crippen LogP contribution in [0.3, 0.4) is 0 Å². The van der Waals surface area contributed by atoms with Crippen LogP contribution in [0.1, 0.15) is 47.5 Å². The predicted octanol–water partition coefficient (Wildman–Crippen LogP) is 2.10. The highest BCUT2D eigenvalue weighted by Crippen LogP contribution is 2.57. The van der Waals surface area contributed by atoms with Gasteiger partial charge in [-0.2, -0.15) is 0 Å². The Hall–Kier alpha value is -0.320. The molecule has 4 nitrogen and oxygen atoms in total. The van der Waals surface area contributed by atoms with Crippen LogP contribution in [0.2, 0.25) is 0 Å². The van der Waals surface area contributed by atoms with Gasteiger partial charge in [-0.3, -0.25) is 4.79 Å². The largest absolute Gasteiger partial charge is 0.377 e. The van der Waals surface area contributed by atoms with E-state index in [4.69, 9.17) is 10.5 Å². The third kappa shape index (κ3) is 2.58. The van der Waals surface area contributed by atoms with Crippen molar-refractivity contribution in [2.45, 2.75) is 59.1 Å². The lowest BCUT2D eigenvalue weighted by atomic mass is 9.46. The molecule has 5 heteroatoms. The van der Waals surface area contributed by atoms with Crippen molar-refractivity contribution in [1.82, 2.24) is 5.32 Å². The van der Waals surface area contributed by atoms with E-state index in [1.807, 2.05) is 0 Å². The van der Waals surface area contributed by atoms with E-state index in [9.17, 15) is 4.79 Å². The van der Waals surface area contributed by atoms with Gasteiger partial charge in [0.15, 0.2) is 0 Å². The number of nitrogens with one attached hydrogen (secondary N) is 1. The molecule has 0 aromatic carbocycles. The molecule has 0 aromatic rings. The standard InChI is InChI=1S/C15H28N2O2.ClH/c1-13(2,3)9-17-12(18)15(16)10-7-6-8-19-11(10)14(15,4)5;/h10-11H,6-9,16H2,1-5H3,(H,17,18);1H. The molecule has 0 aromatic heterocycles. The Balaban J connectivity index is 0.00000200. The van der Waals surface area contributed by atoms with Crippen LogP contribution in [0.4, 0.5) is 0 Å². The van der Waals surface area contributed by atoms with Crippen molar-refractivity contribution in [2.75, 3.05) is 13.2 Å². The van der Waals surface area contributed by atoms with Gasteiger partial charge in [0.25, 0.3) is 0 Å². The molecule has 1 amide bonds. The zero-order valence-electron chi connectivity index (χ0n) is 13.3. The van der Waals surface area contributed by atoms with Crippen molar-refractivity contribution in [1.29, 1.82) is 0 Å². The number of halogens is 1. The fourth-order valence-electron chi connectivity index (χ4n) is 3.53. The second-order valence-corrected chi connectivity index (χ2v) is 7.87. The number of nitrogens with two attached hydrogens (primary N) is 1. The van der Waals surface area contributed by atoms with Crippen LogP contribution in [0, 0.1) is 16.7 Å². The lowest BCUT2D eigenvalue weighted by Gasteiger charge is -2.65. The van der Waals surface area contributed by atoms with Gasteiger partial charge in [0, 0.05) is 24.5 Å². The molecule has 1 aliphatic carbocycles. The van der Waals surface area contributed by atoms with Gasteiger partial charge in [0.2, 0.25) is 5.91 Å². The molecule has 3 unspecified atom stereocenters. The first-order valence-corrected chi connectivity index (χ1v) is 7.29. The van der Waals surface area contributed by atoms with Crippen LogP contribution >= 0.6 is 12.4 Å². The second-order valence-electron chi connectivity index (χ2n) is 7.87. The van der Waals surface area contributed by atoms with Gasteiger partial charge in [0.05, 0.1) is 6.10 Å². The molecule has 1 saturated heterocycles. The number of hydrogen-bond acceptors (Lipinski definition) is 3. The Morgan fingerprint density at radius 3 is 2.55 bits per heavy atom. The Bertz CT molecular complexity index is 379. The van der Waals surface area contributed by atoms with Crippen LogP contribution < -0.4 is 11.1 Å². The zero-order chi connectivity index (χ0) is 14.5. The summed E-state index contributed by atoms with van der Waals surface area (Å²) in [7, 11) is 0. The Labute approximate surface area is 128 Å². The normalized spacial score (nSPS) is 35.3. The van der Waals surface area contributed by atoms with Gasteiger partial charge in [-0.25, -0.2) is 0 Å². The summed E-state index contributed by atoms with van der Waals surface area (Å²) in [6.45, 7) is 11.9. The predicted molar refractivity (Wildman–Crippen MR) is 82.9 cm³/mol. The lowest BCUT2D eigenvalue weighted by Crippen LogP contribution is -2.82. The first kappa shape index (κ1) is 17.7. The number of fused-ring (bicyclic) bond motifs is 1. The van der Waals surface area contributed by atoms with Crippen molar-refractivity contribution in [3.63, 3.8) is 0 Å². The molecule has 1 saturated carbocycles. The molecule has 3 atom stereocenters. The van der Waals surface area contributed by atoms with Crippen LogP contribution in [0.15, 0.2) is 0 Å². The van der Waals surface area contributed by atoms with E-state index in [-0.39, 0.29) is 41.2 Å². The maximum atomic E-state index is 12.6. The minimum absolute atomic E-state index is 0. The fourth-order valence-corrected chi connectivity index (χ4v) is 3.53. The summed E-state index contributed by atoms with van der Waals surface area (Å²) in [5.74, 6) is 0.149. The molecule has 2 rings (SSSR count). The van der Waals surface area contributed by atoms with Gasteiger partial charge in [0.1, 0.15) is 5.54 Å². The minimum Gasteiger partial charge on any atom is -0.377 e. The maximum absolute atomic E-state index is 12.6. The van der Waals surface area contributed by atoms with Crippen molar-refractivity contribution >= 4 is 18.3 Å². The highest BCUT2D eigenvalue weighted by Gasteiger charge is 2.70. The van der Waals surface area contributed by atoms with Crippen LogP contribution in [0.5, 0.6) is 0 Å². The van der Waals surface area contributed by atoms with E-state index in [1.165, 1.54) is 0 Å². The van der Waals surface area contributed by atoms with E-state index in [2.05, 4.69) is 39.9 Å². The molecule has 0 bridgehead atoms. The van der Waals surface area contributed by atoms with Crippen molar-refractivity contribution in [2.24, 2.45) is 22.5 Å². The summed E-state index contributed by atoms with van der Waals surface area (Å²) < 4.78 is 5.82. The quantitative estimate of drug-likeness (QED) is 0.821. The maximum Gasteiger partial charge on any atom is 0.241 e. The van der Waals surface area contributed by atoms with Gasteiger partial charge in [-0.15, -0.1) is 12.4 Å². The van der Waals surface area contributed by atoms with Gasteiger partial charge in [-0.1, -0.05) is 34.6 Å². The summed E-state index contributed by atoms with van der Waals surface area (Å²) in [6.07, 6.45) is 2.13. The van der Waals surface area contributed by atoms with E-state index >= 15 is 0 Å². The summed E-state index contributed by atoms with van der Waals surface area (Å²) >= 11 is 0. The first-order valence-electron chi connectivity index (χ1n) is 7.29. The Morgan fingerprint density at radius 1 is 1.40 bits per heavy atom. The third-order valence-electron chi connectivity index (χ3n) is 4.84. The number of carbonyl (C=O) groups excluding carboxylic acids is 1. The average Bonchev–Trinajstić information content (AvgIpc) is 2.34. The molecule has 1 aliphatic heterocycles. The summed E-state index contributed by atoms with van der Waals surface area (Å²) in [5.41, 5.74) is 5.51. The number of hydrogen-bond donors (Lipinski definition) is 2. The SMILES string of the molecule is CC(C)(C)CNC(=O)C1(N)C2CCCOC2C1(C)C.Cl. The average molecular weight is 305 g/mol. The van der Waals surface area contributed by atoms with Crippen LogP contribution in [-0.2, 0) is 9.53 Å². The monoisotopic (exact) mass is 304 g/mol. The highest BCUT2D eigenvalue weighted by atomic mass is 35.5. The first-order chi connectivity index (χ1) is 8.61. The van der Waals surface area contributed by atoms with Crippen molar-refractivity contribution in [3.05, 3.63) is 0 Å². The molecule has 1 heterocycles. The second kappa shape index (κ2) is 5.47. The van der Waals surface area contributed by atoms with E-state index < -0.39 is 5.54 Å². The summed E-state index contributed by atoms with van der Waals surface area (Å²) in [6, 6.07) is 0. The van der Waals surface area contributed by atoms with Crippen LogP contribution in [-0.4, -0.2) is 30.7 Å². The van der Waals surface area contributed by atoms with E-state index in [1.54, 1.807) is 0 Å². The number of amides is 1. The Morgan fingerprint density at radius 2 is 2.00 bits per heavy atom. The summed E-state index contributed by atoms with van der Waals surface area (Å²) in [5, 5.41) is 3.03. The molecule has 2 fully saturated rings.